The number of nitrogens with zero attached hydrogens (tertiary/aromatic N) is 1. The molecule has 1 heterocycles. The number of nitrogens with one attached hydrogen (secondary N) is 1. The van der Waals surface area contributed by atoms with E-state index in [9.17, 15) is 9.59 Å². The number of anilines is 1. The number of hydrogen-bond acceptors (Lipinski definition) is 3. The minimum absolute atomic E-state index is 0.0227. The lowest BCUT2D eigenvalue weighted by Crippen LogP contribution is -2.40. The van der Waals surface area contributed by atoms with E-state index in [-0.39, 0.29) is 17.6 Å². The molecule has 4 nitrogen and oxygen atoms in total. The van der Waals surface area contributed by atoms with Gasteiger partial charge in [0.15, 0.2) is 5.78 Å². The highest BCUT2D eigenvalue weighted by Crippen LogP contribution is 2.24. The Morgan fingerprint density at radius 1 is 1.06 bits per heavy atom. The smallest absolute Gasteiger partial charge is 0.238 e. The third kappa shape index (κ3) is 6.27. The molecule has 3 rings (SSSR count). The Morgan fingerprint density at radius 2 is 1.74 bits per heavy atom. The van der Waals surface area contributed by atoms with E-state index in [4.69, 9.17) is 0 Å². The fourth-order valence-electron chi connectivity index (χ4n) is 4.45. The number of likely N-dealkylation sites (tertiary alicyclic amines) is 1. The molecule has 2 aromatic rings. The quantitative estimate of drug-likeness (QED) is 0.591. The van der Waals surface area contributed by atoms with Crippen LogP contribution in [0.2, 0.25) is 0 Å². The topological polar surface area (TPSA) is 49.4 Å². The van der Waals surface area contributed by atoms with E-state index in [1.165, 1.54) is 5.56 Å². The fourth-order valence-corrected chi connectivity index (χ4v) is 4.45. The molecular formula is C27H36N2O2. The summed E-state index contributed by atoms with van der Waals surface area (Å²) < 4.78 is 0. The van der Waals surface area contributed by atoms with Gasteiger partial charge in [-0.3, -0.25) is 14.5 Å². The van der Waals surface area contributed by atoms with Crippen molar-refractivity contribution in [2.75, 3.05) is 25.0 Å². The molecule has 166 valence electrons. The molecule has 4 heteroatoms. The second kappa shape index (κ2) is 10.7. The molecule has 0 aromatic heterocycles. The van der Waals surface area contributed by atoms with Crippen molar-refractivity contribution in [3.8, 4) is 0 Å². The standard InChI is InChI=1S/C27H36N2O2/c1-5-22-8-6-7-20(4)26(22)28-25(30)18-29-15-13-24(14-16-29)27(31)23-11-9-21(10-12-23)17-19(2)3/h6-12,19,24H,5,13-18H2,1-4H3,(H,28,30). The Labute approximate surface area is 187 Å². The highest BCUT2D eigenvalue weighted by Gasteiger charge is 2.26. The SMILES string of the molecule is CCc1cccc(C)c1NC(=O)CN1CCC(C(=O)c2ccc(CC(C)C)cc2)CC1. The number of amides is 1. The highest BCUT2D eigenvalue weighted by molar-refractivity contribution is 5.98. The number of ketones is 1. The van der Waals surface area contributed by atoms with Crippen molar-refractivity contribution >= 4 is 17.4 Å². The van der Waals surface area contributed by atoms with Crippen molar-refractivity contribution in [3.05, 3.63) is 64.7 Å². The normalized spacial score (nSPS) is 15.3. The number of aryl methyl sites for hydroxylation is 2. The second-order valence-electron chi connectivity index (χ2n) is 9.22. The Hall–Kier alpha value is -2.46. The van der Waals surface area contributed by atoms with E-state index in [0.29, 0.717) is 12.5 Å². The Morgan fingerprint density at radius 3 is 2.35 bits per heavy atom. The van der Waals surface area contributed by atoms with Crippen LogP contribution in [0.4, 0.5) is 5.69 Å². The largest absolute Gasteiger partial charge is 0.324 e. The first-order valence-corrected chi connectivity index (χ1v) is 11.6. The molecule has 0 radical (unpaired) electrons. The Balaban J connectivity index is 1.50. The summed E-state index contributed by atoms with van der Waals surface area (Å²) >= 11 is 0. The molecule has 1 N–H and O–H groups in total. The van der Waals surface area contributed by atoms with Gasteiger partial charge in [-0.2, -0.15) is 0 Å². The average molecular weight is 421 g/mol. The van der Waals surface area contributed by atoms with Gasteiger partial charge < -0.3 is 5.32 Å². The number of hydrogen-bond donors (Lipinski definition) is 1. The molecule has 1 aliphatic rings. The van der Waals surface area contributed by atoms with Crippen LogP contribution >= 0.6 is 0 Å². The van der Waals surface area contributed by atoms with Crippen molar-refractivity contribution in [1.82, 2.24) is 4.90 Å². The lowest BCUT2D eigenvalue weighted by atomic mass is 9.88. The van der Waals surface area contributed by atoms with Gasteiger partial charge in [0.1, 0.15) is 0 Å². The third-order valence-electron chi connectivity index (χ3n) is 6.21. The summed E-state index contributed by atoms with van der Waals surface area (Å²) in [7, 11) is 0. The Bertz CT molecular complexity index is 894. The summed E-state index contributed by atoms with van der Waals surface area (Å²) in [6, 6.07) is 14.3. The summed E-state index contributed by atoms with van der Waals surface area (Å²) in [5, 5.41) is 3.11. The first-order chi connectivity index (χ1) is 14.9. The van der Waals surface area contributed by atoms with Crippen LogP contribution in [-0.2, 0) is 17.6 Å². The molecule has 2 aromatic carbocycles. The van der Waals surface area contributed by atoms with E-state index in [2.05, 4.69) is 49.2 Å². The number of Topliss-reactive ketones (excluding diaryl/α,β-unsaturated/α-hetero) is 1. The molecule has 1 saturated heterocycles. The molecule has 1 fully saturated rings. The zero-order valence-corrected chi connectivity index (χ0v) is 19.4. The molecule has 0 unspecified atom stereocenters. The van der Waals surface area contributed by atoms with Crippen LogP contribution in [-0.4, -0.2) is 36.2 Å². The zero-order chi connectivity index (χ0) is 22.4. The number of carbonyl (C=O) groups is 2. The lowest BCUT2D eigenvalue weighted by Gasteiger charge is -2.31. The van der Waals surface area contributed by atoms with Crippen molar-refractivity contribution in [1.29, 1.82) is 0 Å². The molecule has 31 heavy (non-hydrogen) atoms. The summed E-state index contributed by atoms with van der Waals surface area (Å²) in [6.45, 7) is 10.5. The summed E-state index contributed by atoms with van der Waals surface area (Å²) in [4.78, 5) is 27.7. The second-order valence-corrected chi connectivity index (χ2v) is 9.22. The van der Waals surface area contributed by atoms with Gasteiger partial charge in [0.2, 0.25) is 5.91 Å². The summed E-state index contributed by atoms with van der Waals surface area (Å²) in [6.07, 6.45) is 3.55. The predicted molar refractivity (Wildman–Crippen MR) is 128 cm³/mol. The van der Waals surface area contributed by atoms with Gasteiger partial charge in [0.25, 0.3) is 0 Å². The van der Waals surface area contributed by atoms with E-state index in [0.717, 1.165) is 61.2 Å². The molecular weight excluding hydrogens is 384 g/mol. The lowest BCUT2D eigenvalue weighted by molar-refractivity contribution is -0.117. The van der Waals surface area contributed by atoms with E-state index >= 15 is 0 Å². The van der Waals surface area contributed by atoms with Gasteiger partial charge in [-0.25, -0.2) is 0 Å². The zero-order valence-electron chi connectivity index (χ0n) is 19.4. The number of benzene rings is 2. The number of piperidine rings is 1. The van der Waals surface area contributed by atoms with Crippen LogP contribution in [0.5, 0.6) is 0 Å². The first kappa shape index (κ1) is 23.2. The van der Waals surface area contributed by atoms with Gasteiger partial charge >= 0.3 is 0 Å². The first-order valence-electron chi connectivity index (χ1n) is 11.6. The van der Waals surface area contributed by atoms with Crippen LogP contribution in [0, 0.1) is 18.8 Å². The van der Waals surface area contributed by atoms with Crippen LogP contribution < -0.4 is 5.32 Å². The number of para-hydroxylation sites is 1. The van der Waals surface area contributed by atoms with Gasteiger partial charge in [-0.05, 0) is 68.3 Å². The minimum atomic E-state index is 0.0227. The van der Waals surface area contributed by atoms with Gasteiger partial charge in [0.05, 0.1) is 6.54 Å². The molecule has 0 aliphatic carbocycles. The van der Waals surface area contributed by atoms with E-state index in [1.807, 2.05) is 31.2 Å². The third-order valence-corrected chi connectivity index (χ3v) is 6.21. The predicted octanol–water partition coefficient (Wildman–Crippen LogP) is 5.29. The molecule has 0 bridgehead atoms. The maximum Gasteiger partial charge on any atom is 0.238 e. The molecule has 1 aliphatic heterocycles. The molecule has 0 atom stereocenters. The molecule has 0 saturated carbocycles. The maximum absolute atomic E-state index is 12.9. The van der Waals surface area contributed by atoms with Gasteiger partial charge in [-0.15, -0.1) is 0 Å². The minimum Gasteiger partial charge on any atom is -0.324 e. The van der Waals surface area contributed by atoms with Crippen LogP contribution in [0.15, 0.2) is 42.5 Å². The maximum atomic E-state index is 12.9. The van der Waals surface area contributed by atoms with Crippen LogP contribution in [0.3, 0.4) is 0 Å². The summed E-state index contributed by atoms with van der Waals surface area (Å²) in [5.41, 5.74) is 5.30. The van der Waals surface area contributed by atoms with Crippen molar-refractivity contribution in [2.24, 2.45) is 11.8 Å². The molecule has 0 spiro atoms. The van der Waals surface area contributed by atoms with Crippen molar-refractivity contribution < 1.29 is 9.59 Å². The van der Waals surface area contributed by atoms with E-state index in [1.54, 1.807) is 0 Å². The molecule has 1 amide bonds. The van der Waals surface area contributed by atoms with Crippen molar-refractivity contribution in [2.45, 2.75) is 53.4 Å². The fraction of sp³-hybridized carbons (Fsp3) is 0.481. The van der Waals surface area contributed by atoms with Crippen molar-refractivity contribution in [3.63, 3.8) is 0 Å². The summed E-state index contributed by atoms with van der Waals surface area (Å²) in [5.74, 6) is 0.933. The van der Waals surface area contributed by atoms with Crippen LogP contribution in [0.1, 0.15) is 60.7 Å². The Kier molecular flexibility index (Phi) is 8.03. The monoisotopic (exact) mass is 420 g/mol. The highest BCUT2D eigenvalue weighted by atomic mass is 16.2. The number of rotatable bonds is 8. The van der Waals surface area contributed by atoms with Crippen LogP contribution in [0.25, 0.3) is 0 Å². The average Bonchev–Trinajstić information content (AvgIpc) is 2.75. The number of carbonyl (C=O) groups excluding carboxylic acids is 2. The van der Waals surface area contributed by atoms with E-state index < -0.39 is 0 Å². The van der Waals surface area contributed by atoms with Gasteiger partial charge in [0, 0.05) is 17.2 Å². The van der Waals surface area contributed by atoms with Gasteiger partial charge in [-0.1, -0.05) is 63.2 Å².